The van der Waals surface area contributed by atoms with Crippen LogP contribution in [0.25, 0.3) is 22.3 Å². The number of aryl methyl sites for hydroxylation is 1. The summed E-state index contributed by atoms with van der Waals surface area (Å²) in [5.41, 5.74) is 1.63. The molecule has 0 spiro atoms. The average molecular weight is 522 g/mol. The van der Waals surface area contributed by atoms with E-state index in [4.69, 9.17) is 5.11 Å². The first kappa shape index (κ1) is 20.6. The molecule has 1 saturated heterocycles. The second-order valence-corrected chi connectivity index (χ2v) is 8.60. The Balaban J connectivity index is 1.82. The third kappa shape index (κ3) is 3.85. The predicted octanol–water partition coefficient (Wildman–Crippen LogP) is 4.30. The molecule has 0 saturated carbocycles. The molecule has 1 aliphatic rings. The van der Waals surface area contributed by atoms with Gasteiger partial charge in [0.05, 0.1) is 15.1 Å². The zero-order valence-corrected chi connectivity index (χ0v) is 18.3. The molecule has 3 N–H and O–H groups in total. The van der Waals surface area contributed by atoms with Crippen LogP contribution in [0.2, 0.25) is 0 Å². The van der Waals surface area contributed by atoms with Crippen LogP contribution >= 0.6 is 22.6 Å². The zero-order valence-electron chi connectivity index (χ0n) is 16.1. The molecule has 7 nitrogen and oxygen atoms in total. The number of aromatic hydroxyl groups is 1. The number of aromatic nitrogens is 2. The number of alkyl halides is 1. The Bertz CT molecular complexity index is 1110. The zero-order chi connectivity index (χ0) is 21.4. The summed E-state index contributed by atoms with van der Waals surface area (Å²) in [7, 11) is 0. The van der Waals surface area contributed by atoms with Gasteiger partial charge in [-0.2, -0.15) is 0 Å². The van der Waals surface area contributed by atoms with Crippen LogP contribution in [0.3, 0.4) is 0 Å². The van der Waals surface area contributed by atoms with E-state index in [1.165, 1.54) is 18.2 Å². The Kier molecular flexibility index (Phi) is 5.63. The molecular weight excluding hydrogens is 502 g/mol. The molecule has 9 heteroatoms. The van der Waals surface area contributed by atoms with Crippen molar-refractivity contribution in [1.82, 2.24) is 15.3 Å². The number of carboxylic acid groups (broad SMARTS) is 1. The molecule has 2 unspecified atom stereocenters. The number of amides is 1. The molecule has 0 bridgehead atoms. The maximum Gasteiger partial charge on any atom is 0.404 e. The Labute approximate surface area is 186 Å². The molecule has 2 atom stereocenters. The maximum absolute atomic E-state index is 14.5. The van der Waals surface area contributed by atoms with Crippen molar-refractivity contribution in [3.63, 3.8) is 0 Å². The second kappa shape index (κ2) is 8.21. The molecule has 0 radical (unpaired) electrons. The lowest BCUT2D eigenvalue weighted by atomic mass is 10.1. The van der Waals surface area contributed by atoms with Crippen LogP contribution in [-0.4, -0.2) is 43.4 Å². The Hall–Kier alpha value is -2.69. The van der Waals surface area contributed by atoms with Crippen molar-refractivity contribution in [1.29, 1.82) is 0 Å². The molecule has 3 aromatic rings. The molecule has 4 rings (SSSR count). The fraction of sp³-hybridized carbons (Fsp3) is 0.286. The summed E-state index contributed by atoms with van der Waals surface area (Å²) < 4.78 is 14.5. The minimum atomic E-state index is -1.04. The minimum absolute atomic E-state index is 0.00378. The lowest BCUT2D eigenvalue weighted by Crippen LogP contribution is -2.34. The van der Waals surface area contributed by atoms with Crippen LogP contribution in [0.4, 0.5) is 15.0 Å². The van der Waals surface area contributed by atoms with E-state index in [2.05, 4.69) is 42.8 Å². The average Bonchev–Trinajstić information content (AvgIpc) is 3.05. The number of rotatable bonds is 4. The molecule has 30 heavy (non-hydrogen) atoms. The summed E-state index contributed by atoms with van der Waals surface area (Å²) >= 11 is 2.29. The summed E-state index contributed by atoms with van der Waals surface area (Å²) in [6, 6.07) is 9.93. The maximum atomic E-state index is 14.5. The van der Waals surface area contributed by atoms with Crippen molar-refractivity contribution in [3.05, 3.63) is 47.8 Å². The Morgan fingerprint density at radius 1 is 1.33 bits per heavy atom. The van der Waals surface area contributed by atoms with E-state index >= 15 is 0 Å². The van der Waals surface area contributed by atoms with Crippen molar-refractivity contribution in [2.45, 2.75) is 17.4 Å². The molecule has 0 aliphatic carbocycles. The van der Waals surface area contributed by atoms with Crippen LogP contribution in [0.1, 0.15) is 12.0 Å². The van der Waals surface area contributed by atoms with Crippen LogP contribution in [-0.2, 0) is 0 Å². The van der Waals surface area contributed by atoms with Gasteiger partial charge in [0.25, 0.3) is 0 Å². The van der Waals surface area contributed by atoms with Crippen LogP contribution in [0, 0.1) is 18.7 Å². The van der Waals surface area contributed by atoms with E-state index in [0.29, 0.717) is 24.4 Å². The first-order chi connectivity index (χ1) is 14.3. The molecule has 1 aromatic heterocycles. The first-order valence-electron chi connectivity index (χ1n) is 9.49. The fourth-order valence-electron chi connectivity index (χ4n) is 3.75. The van der Waals surface area contributed by atoms with E-state index in [0.717, 1.165) is 17.4 Å². The van der Waals surface area contributed by atoms with Gasteiger partial charge in [0, 0.05) is 24.4 Å². The highest BCUT2D eigenvalue weighted by molar-refractivity contribution is 14.1. The summed E-state index contributed by atoms with van der Waals surface area (Å²) in [5.74, 6) is 0.0691. The van der Waals surface area contributed by atoms with E-state index in [1.807, 2.05) is 25.1 Å². The third-order valence-electron chi connectivity index (χ3n) is 5.26. The van der Waals surface area contributed by atoms with E-state index < -0.39 is 11.9 Å². The normalized spacial score (nSPS) is 18.7. The molecule has 156 valence electrons. The lowest BCUT2D eigenvalue weighted by molar-refractivity contribution is 0.192. The molecular formula is C21H20FIN4O3. The van der Waals surface area contributed by atoms with Gasteiger partial charge in [-0.3, -0.25) is 0 Å². The molecule has 2 heterocycles. The van der Waals surface area contributed by atoms with Gasteiger partial charge < -0.3 is 20.4 Å². The summed E-state index contributed by atoms with van der Waals surface area (Å²) in [6.45, 7) is 2.98. The number of fused-ring (bicyclic) bond motifs is 1. The lowest BCUT2D eigenvalue weighted by Gasteiger charge is -2.26. The van der Waals surface area contributed by atoms with Gasteiger partial charge >= 0.3 is 6.09 Å². The van der Waals surface area contributed by atoms with Gasteiger partial charge in [-0.05, 0) is 43.2 Å². The standard InChI is InChI=1S/C21H20FIN4O3/c1-11-5-6-13-15(9-11)25-19(17-14(22)3-2-4-16(17)28)26-20(13)27-8-7-12(18(27)23)10-24-21(29)30/h2-6,9,12,18,24,28H,7-8,10H2,1H3,(H,29,30). The van der Waals surface area contributed by atoms with Crippen LogP contribution in [0.5, 0.6) is 5.75 Å². The molecule has 1 fully saturated rings. The van der Waals surface area contributed by atoms with Gasteiger partial charge in [-0.15, -0.1) is 0 Å². The smallest absolute Gasteiger partial charge is 0.404 e. The van der Waals surface area contributed by atoms with E-state index in [-0.39, 0.29) is 27.1 Å². The number of anilines is 1. The highest BCUT2D eigenvalue weighted by Crippen LogP contribution is 2.38. The molecule has 1 aliphatic heterocycles. The number of halogens is 2. The fourth-order valence-corrected chi connectivity index (χ4v) is 4.90. The van der Waals surface area contributed by atoms with Gasteiger partial charge in [-0.25, -0.2) is 19.2 Å². The highest BCUT2D eigenvalue weighted by atomic mass is 127. The van der Waals surface area contributed by atoms with Gasteiger partial charge in [0.15, 0.2) is 5.82 Å². The topological polar surface area (TPSA) is 98.6 Å². The minimum Gasteiger partial charge on any atom is -0.507 e. The van der Waals surface area contributed by atoms with Crippen molar-refractivity contribution in [2.24, 2.45) is 5.92 Å². The number of hydrogen-bond donors (Lipinski definition) is 3. The Morgan fingerprint density at radius 3 is 2.87 bits per heavy atom. The molecule has 1 amide bonds. The number of hydrogen-bond acceptors (Lipinski definition) is 5. The Morgan fingerprint density at radius 2 is 2.13 bits per heavy atom. The van der Waals surface area contributed by atoms with Crippen molar-refractivity contribution >= 4 is 45.4 Å². The first-order valence-corrected chi connectivity index (χ1v) is 10.7. The third-order valence-corrected chi connectivity index (χ3v) is 6.95. The summed E-state index contributed by atoms with van der Waals surface area (Å²) in [6.07, 6.45) is -0.247. The van der Waals surface area contributed by atoms with Crippen molar-refractivity contribution in [2.75, 3.05) is 18.0 Å². The predicted molar refractivity (Wildman–Crippen MR) is 121 cm³/mol. The largest absolute Gasteiger partial charge is 0.507 e. The number of carbonyl (C=O) groups is 1. The number of nitrogens with one attached hydrogen (secondary N) is 1. The number of benzene rings is 2. The van der Waals surface area contributed by atoms with Crippen LogP contribution < -0.4 is 10.2 Å². The SMILES string of the molecule is Cc1ccc2c(N3CCC(CNC(=O)O)C3I)nc(-c3c(O)cccc3F)nc2c1. The summed E-state index contributed by atoms with van der Waals surface area (Å²) in [4.78, 5) is 22.2. The van der Waals surface area contributed by atoms with Crippen LogP contribution in [0.15, 0.2) is 36.4 Å². The van der Waals surface area contributed by atoms with Gasteiger partial charge in [-0.1, -0.05) is 34.7 Å². The van der Waals surface area contributed by atoms with Crippen molar-refractivity contribution in [3.8, 4) is 17.1 Å². The number of phenolic OH excluding ortho intramolecular Hbond substituents is 1. The number of phenols is 1. The van der Waals surface area contributed by atoms with Gasteiger partial charge in [0.1, 0.15) is 17.4 Å². The van der Waals surface area contributed by atoms with Gasteiger partial charge in [0.2, 0.25) is 0 Å². The quantitative estimate of drug-likeness (QED) is 0.269. The monoisotopic (exact) mass is 522 g/mol. The summed E-state index contributed by atoms with van der Waals surface area (Å²) in [5, 5.41) is 22.4. The molecule has 2 aromatic carbocycles. The number of nitrogens with zero attached hydrogens (tertiary/aromatic N) is 3. The second-order valence-electron chi connectivity index (χ2n) is 7.33. The van der Waals surface area contributed by atoms with E-state index in [1.54, 1.807) is 0 Å². The van der Waals surface area contributed by atoms with Crippen molar-refractivity contribution < 1.29 is 19.4 Å². The van der Waals surface area contributed by atoms with E-state index in [9.17, 15) is 14.3 Å². The highest BCUT2D eigenvalue weighted by Gasteiger charge is 2.34.